The Morgan fingerprint density at radius 3 is 2.41 bits per heavy atom. The van der Waals surface area contributed by atoms with E-state index in [4.69, 9.17) is 0 Å². The Labute approximate surface area is 132 Å². The minimum atomic E-state index is -0.909. The first kappa shape index (κ1) is 16.5. The van der Waals surface area contributed by atoms with Crippen molar-refractivity contribution in [2.75, 3.05) is 5.32 Å². The monoisotopic (exact) mass is 321 g/mol. The van der Waals surface area contributed by atoms with E-state index in [9.17, 15) is 13.6 Å². The van der Waals surface area contributed by atoms with Crippen LogP contribution in [0.1, 0.15) is 19.4 Å². The van der Waals surface area contributed by atoms with Crippen molar-refractivity contribution in [2.45, 2.75) is 30.4 Å². The summed E-state index contributed by atoms with van der Waals surface area (Å²) in [5.41, 5.74) is 1.92. The number of halogens is 2. The molecule has 116 valence electrons. The first-order valence-corrected chi connectivity index (χ1v) is 7.89. The normalized spacial score (nSPS) is 12.0. The van der Waals surface area contributed by atoms with Gasteiger partial charge in [0.2, 0.25) is 5.91 Å². The Kier molecular flexibility index (Phi) is 5.55. The maximum Gasteiger partial charge on any atom is 0.237 e. The molecular formula is C17H17F2NOS. The molecule has 0 spiro atoms. The number of carbonyl (C=O) groups excluding carboxylic acids is 1. The molecule has 0 heterocycles. The van der Waals surface area contributed by atoms with Crippen molar-refractivity contribution in [1.82, 2.24) is 0 Å². The molecule has 0 aliphatic heterocycles. The quantitative estimate of drug-likeness (QED) is 0.812. The molecule has 1 atom stereocenters. The molecule has 0 aliphatic rings. The number of aryl methyl sites for hydroxylation is 1. The minimum absolute atomic E-state index is 0.181. The number of carbonyl (C=O) groups is 1. The van der Waals surface area contributed by atoms with Gasteiger partial charge in [-0.1, -0.05) is 19.1 Å². The number of amides is 1. The van der Waals surface area contributed by atoms with Gasteiger partial charge in [0.25, 0.3) is 0 Å². The number of anilines is 1. The number of rotatable bonds is 5. The highest BCUT2D eigenvalue weighted by Crippen LogP contribution is 2.25. The molecular weight excluding hydrogens is 304 g/mol. The third-order valence-electron chi connectivity index (χ3n) is 3.20. The molecule has 0 radical (unpaired) electrons. The lowest BCUT2D eigenvalue weighted by molar-refractivity contribution is -0.115. The van der Waals surface area contributed by atoms with Gasteiger partial charge in [-0.05, 0) is 49.2 Å². The van der Waals surface area contributed by atoms with Crippen molar-refractivity contribution < 1.29 is 13.6 Å². The minimum Gasteiger partial charge on any atom is -0.325 e. The molecule has 1 N–H and O–H groups in total. The molecule has 2 aromatic carbocycles. The zero-order valence-electron chi connectivity index (χ0n) is 12.4. The molecule has 0 saturated heterocycles. The summed E-state index contributed by atoms with van der Waals surface area (Å²) in [4.78, 5) is 12.6. The predicted octanol–water partition coefficient (Wildman–Crippen LogP) is 4.65. The molecule has 2 rings (SSSR count). The molecule has 22 heavy (non-hydrogen) atoms. The van der Waals surface area contributed by atoms with Gasteiger partial charge < -0.3 is 5.32 Å². The highest BCUT2D eigenvalue weighted by atomic mass is 32.2. The third-order valence-corrected chi connectivity index (χ3v) is 4.30. The van der Waals surface area contributed by atoms with E-state index >= 15 is 0 Å². The van der Waals surface area contributed by atoms with Crippen molar-refractivity contribution in [3.05, 3.63) is 59.7 Å². The summed E-state index contributed by atoms with van der Waals surface area (Å²) < 4.78 is 26.0. The number of hydrogen-bond acceptors (Lipinski definition) is 2. The summed E-state index contributed by atoms with van der Waals surface area (Å²) in [6.45, 7) is 3.79. The van der Waals surface area contributed by atoms with Gasteiger partial charge in [0.1, 0.15) is 0 Å². The SMILES string of the molecule is CCc1ccc(NC(=O)[C@@H](C)Sc2ccc(F)c(F)c2)cc1. The average molecular weight is 321 g/mol. The van der Waals surface area contributed by atoms with Gasteiger partial charge in [0.05, 0.1) is 5.25 Å². The molecule has 0 saturated carbocycles. The molecule has 2 nitrogen and oxygen atoms in total. The summed E-state index contributed by atoms with van der Waals surface area (Å²) in [5, 5.41) is 2.39. The summed E-state index contributed by atoms with van der Waals surface area (Å²) in [6, 6.07) is 11.2. The fourth-order valence-corrected chi connectivity index (χ4v) is 2.77. The molecule has 5 heteroatoms. The summed E-state index contributed by atoms with van der Waals surface area (Å²) in [6.07, 6.45) is 0.941. The first-order valence-electron chi connectivity index (χ1n) is 7.01. The number of hydrogen-bond donors (Lipinski definition) is 1. The van der Waals surface area contributed by atoms with Gasteiger partial charge in [-0.3, -0.25) is 4.79 Å². The molecule has 2 aromatic rings. The van der Waals surface area contributed by atoms with Gasteiger partial charge in [-0.2, -0.15) is 0 Å². The molecule has 0 unspecified atom stereocenters. The highest BCUT2D eigenvalue weighted by molar-refractivity contribution is 8.00. The van der Waals surface area contributed by atoms with Crippen molar-refractivity contribution >= 4 is 23.4 Å². The zero-order chi connectivity index (χ0) is 16.1. The number of thioether (sulfide) groups is 1. The Bertz CT molecular complexity index is 658. The van der Waals surface area contributed by atoms with Crippen molar-refractivity contribution in [2.24, 2.45) is 0 Å². The molecule has 1 amide bonds. The van der Waals surface area contributed by atoms with Crippen LogP contribution >= 0.6 is 11.8 Å². The Morgan fingerprint density at radius 1 is 1.14 bits per heavy atom. The van der Waals surface area contributed by atoms with Crippen LogP contribution in [0.15, 0.2) is 47.4 Å². The number of benzene rings is 2. The summed E-state index contributed by atoms with van der Waals surface area (Å²) in [7, 11) is 0. The maximum atomic E-state index is 13.2. The number of nitrogens with one attached hydrogen (secondary N) is 1. The zero-order valence-corrected chi connectivity index (χ0v) is 13.2. The van der Waals surface area contributed by atoms with Crippen LogP contribution in [0.3, 0.4) is 0 Å². The Morgan fingerprint density at radius 2 is 1.82 bits per heavy atom. The van der Waals surface area contributed by atoms with E-state index in [1.807, 2.05) is 24.3 Å². The Balaban J connectivity index is 1.97. The highest BCUT2D eigenvalue weighted by Gasteiger charge is 2.15. The lowest BCUT2D eigenvalue weighted by Gasteiger charge is -2.12. The third kappa shape index (κ3) is 4.31. The maximum absolute atomic E-state index is 13.2. The predicted molar refractivity (Wildman–Crippen MR) is 86.1 cm³/mol. The molecule has 0 fully saturated rings. The second kappa shape index (κ2) is 7.40. The lowest BCUT2D eigenvalue weighted by Crippen LogP contribution is -2.22. The van der Waals surface area contributed by atoms with Gasteiger partial charge in [-0.25, -0.2) is 8.78 Å². The fraction of sp³-hybridized carbons (Fsp3) is 0.235. The Hall–Kier alpha value is -1.88. The van der Waals surface area contributed by atoms with E-state index < -0.39 is 16.9 Å². The largest absolute Gasteiger partial charge is 0.325 e. The van der Waals surface area contributed by atoms with Crippen LogP contribution in [0.5, 0.6) is 0 Å². The first-order chi connectivity index (χ1) is 10.5. The van der Waals surface area contributed by atoms with Crippen LogP contribution in [0.2, 0.25) is 0 Å². The van der Waals surface area contributed by atoms with Crippen molar-refractivity contribution in [1.29, 1.82) is 0 Å². The lowest BCUT2D eigenvalue weighted by atomic mass is 10.1. The van der Waals surface area contributed by atoms with Crippen molar-refractivity contribution in [3.63, 3.8) is 0 Å². The van der Waals surface area contributed by atoms with Gasteiger partial charge in [-0.15, -0.1) is 11.8 Å². The molecule has 0 aromatic heterocycles. The van der Waals surface area contributed by atoms with E-state index in [0.29, 0.717) is 4.90 Å². The average Bonchev–Trinajstić information content (AvgIpc) is 2.51. The van der Waals surface area contributed by atoms with Crippen LogP contribution in [-0.4, -0.2) is 11.2 Å². The van der Waals surface area contributed by atoms with Crippen LogP contribution in [-0.2, 0) is 11.2 Å². The van der Waals surface area contributed by atoms with E-state index in [-0.39, 0.29) is 5.91 Å². The topological polar surface area (TPSA) is 29.1 Å². The summed E-state index contributed by atoms with van der Waals surface area (Å²) in [5.74, 6) is -1.98. The van der Waals surface area contributed by atoms with Crippen LogP contribution in [0.4, 0.5) is 14.5 Å². The van der Waals surface area contributed by atoms with Gasteiger partial charge in [0, 0.05) is 10.6 Å². The van der Waals surface area contributed by atoms with Gasteiger partial charge in [0.15, 0.2) is 11.6 Å². The van der Waals surface area contributed by atoms with Gasteiger partial charge >= 0.3 is 0 Å². The van der Waals surface area contributed by atoms with E-state index in [1.54, 1.807) is 6.92 Å². The molecule has 0 bridgehead atoms. The van der Waals surface area contributed by atoms with E-state index in [0.717, 1.165) is 24.2 Å². The molecule has 0 aliphatic carbocycles. The van der Waals surface area contributed by atoms with E-state index in [2.05, 4.69) is 12.2 Å². The van der Waals surface area contributed by atoms with Crippen molar-refractivity contribution in [3.8, 4) is 0 Å². The second-order valence-electron chi connectivity index (χ2n) is 4.88. The van der Waals surface area contributed by atoms with E-state index in [1.165, 1.54) is 23.4 Å². The van der Waals surface area contributed by atoms with Crippen LogP contribution < -0.4 is 5.32 Å². The fourth-order valence-electron chi connectivity index (χ4n) is 1.88. The summed E-state index contributed by atoms with van der Waals surface area (Å²) >= 11 is 1.18. The second-order valence-corrected chi connectivity index (χ2v) is 6.29. The van der Waals surface area contributed by atoms with Crippen LogP contribution in [0.25, 0.3) is 0 Å². The van der Waals surface area contributed by atoms with Crippen LogP contribution in [0, 0.1) is 11.6 Å². The smallest absolute Gasteiger partial charge is 0.237 e. The standard InChI is InChI=1S/C17H17F2NOS/c1-3-12-4-6-13(7-5-12)20-17(21)11(2)22-14-8-9-15(18)16(19)10-14/h4-11H,3H2,1-2H3,(H,20,21)/t11-/m1/s1.